The number of nitrogens with zero attached hydrogens (tertiary/aromatic N) is 2. The van der Waals surface area contributed by atoms with Crippen molar-refractivity contribution in [3.05, 3.63) is 96.5 Å². The average molecular weight is 792 g/mol. The molecule has 0 unspecified atom stereocenters. The summed E-state index contributed by atoms with van der Waals surface area (Å²) in [5.74, 6) is 0.936. The first kappa shape index (κ1) is 35.0. The molecule has 0 amide bonds. The number of furan rings is 1. The minimum Gasteiger partial charge on any atom is -0.512 e. The molecule has 4 aromatic carbocycles. The average Bonchev–Trinajstić information content (AvgIpc) is 3.45. The summed E-state index contributed by atoms with van der Waals surface area (Å²) in [5.41, 5.74) is 5.42. The van der Waals surface area contributed by atoms with Crippen LogP contribution >= 0.6 is 0 Å². The smallest absolute Gasteiger partial charge is 0.162 e. The van der Waals surface area contributed by atoms with Crippen molar-refractivity contribution >= 4 is 49.4 Å². The van der Waals surface area contributed by atoms with Crippen LogP contribution in [0.15, 0.2) is 89.3 Å². The molecule has 1 N–H and O–H groups in total. The van der Waals surface area contributed by atoms with Gasteiger partial charge in [0.2, 0.25) is 0 Å². The summed E-state index contributed by atoms with van der Waals surface area (Å²) in [6, 6.07) is 26.6. The van der Waals surface area contributed by atoms with E-state index in [1.165, 1.54) is 17.0 Å². The Morgan fingerprint density at radius 1 is 0.826 bits per heavy atom. The summed E-state index contributed by atoms with van der Waals surface area (Å²) in [6.07, 6.45) is 6.53. The molecule has 0 saturated heterocycles. The molecule has 241 valence electrons. The molecule has 0 atom stereocenters. The van der Waals surface area contributed by atoms with Gasteiger partial charge in [-0.15, -0.1) is 29.1 Å². The molecular formula is C40H43IrN2O3-. The molecule has 0 aliphatic heterocycles. The number of aromatic nitrogens is 2. The number of allylic oxidation sites excluding steroid dienone is 2. The standard InChI is InChI=1S/C27H19N2O.C13H24O2.Ir/c1-16(2)23-14-19(13-18-8-4-5-9-20(18)23)24-27-25(29-15-28-24)22-12-11-17-7-3-6-10-21(17)26(22)30-27;1-5-10(6-2)12(14)9-13(15)11(7-3)8-4;/h3-12,14-16H,1-2H3;9-11,14H,5-8H2,1-4H3;/q-1;;/b;12-9-;. The van der Waals surface area contributed by atoms with Crippen LogP contribution in [0.5, 0.6) is 0 Å². The fourth-order valence-electron chi connectivity index (χ4n) is 6.14. The first-order valence-electron chi connectivity index (χ1n) is 16.3. The minimum absolute atomic E-state index is 0. The van der Waals surface area contributed by atoms with Crippen molar-refractivity contribution in [3.63, 3.8) is 0 Å². The number of fused-ring (bicyclic) bond motifs is 6. The van der Waals surface area contributed by atoms with Gasteiger partial charge >= 0.3 is 0 Å². The van der Waals surface area contributed by atoms with Crippen LogP contribution in [0.25, 0.3) is 54.9 Å². The Hall–Kier alpha value is -3.86. The van der Waals surface area contributed by atoms with Crippen molar-refractivity contribution in [1.29, 1.82) is 0 Å². The van der Waals surface area contributed by atoms with Gasteiger partial charge in [-0.05, 0) is 43.1 Å². The second-order valence-corrected chi connectivity index (χ2v) is 12.0. The van der Waals surface area contributed by atoms with Crippen LogP contribution in [-0.4, -0.2) is 20.9 Å². The molecule has 1 radical (unpaired) electrons. The number of aliphatic hydroxyl groups excluding tert-OH is 1. The summed E-state index contributed by atoms with van der Waals surface area (Å²) < 4.78 is 6.42. The summed E-state index contributed by atoms with van der Waals surface area (Å²) in [5, 5.41) is 15.3. The Balaban J connectivity index is 0.000000259. The molecule has 5 nitrogen and oxygen atoms in total. The van der Waals surface area contributed by atoms with E-state index in [4.69, 9.17) is 4.42 Å². The zero-order chi connectivity index (χ0) is 32.1. The fraction of sp³-hybridized carbons (Fsp3) is 0.325. The van der Waals surface area contributed by atoms with Crippen molar-refractivity contribution in [2.45, 2.75) is 73.1 Å². The van der Waals surface area contributed by atoms with Gasteiger partial charge in [0, 0.05) is 48.8 Å². The number of benzene rings is 4. The second-order valence-electron chi connectivity index (χ2n) is 12.0. The molecule has 0 bridgehead atoms. The van der Waals surface area contributed by atoms with E-state index in [0.29, 0.717) is 11.5 Å². The van der Waals surface area contributed by atoms with E-state index >= 15 is 0 Å². The SMILES string of the molecule is CC(C)c1cc(-c2ncnc3c2oc2c4ccccc4ccc32)[c-]c2ccccc12.CCC(CC)C(=O)/C=C(\O)C(CC)CC.[Ir]. The molecule has 0 aliphatic rings. The fourth-order valence-corrected chi connectivity index (χ4v) is 6.14. The zero-order valence-corrected chi connectivity index (χ0v) is 30.0. The van der Waals surface area contributed by atoms with E-state index < -0.39 is 0 Å². The first-order chi connectivity index (χ1) is 21.8. The topological polar surface area (TPSA) is 76.2 Å². The van der Waals surface area contributed by atoms with Gasteiger partial charge in [0.05, 0.1) is 11.5 Å². The quantitative estimate of drug-likeness (QED) is 0.0896. The summed E-state index contributed by atoms with van der Waals surface area (Å²) in [4.78, 5) is 20.9. The molecule has 0 spiro atoms. The maximum atomic E-state index is 11.7. The van der Waals surface area contributed by atoms with Crippen LogP contribution in [-0.2, 0) is 24.9 Å². The van der Waals surface area contributed by atoms with Crippen LogP contribution in [0, 0.1) is 17.9 Å². The van der Waals surface area contributed by atoms with Gasteiger partial charge in [-0.1, -0.05) is 101 Å². The molecule has 46 heavy (non-hydrogen) atoms. The first-order valence-corrected chi connectivity index (χ1v) is 16.3. The number of carbonyl (C=O) groups is 1. The molecule has 0 saturated carbocycles. The van der Waals surface area contributed by atoms with E-state index in [9.17, 15) is 9.90 Å². The van der Waals surface area contributed by atoms with Gasteiger partial charge in [-0.3, -0.25) is 9.78 Å². The van der Waals surface area contributed by atoms with Gasteiger partial charge < -0.3 is 9.52 Å². The predicted molar refractivity (Wildman–Crippen MR) is 187 cm³/mol. The Morgan fingerprint density at radius 3 is 2.15 bits per heavy atom. The maximum Gasteiger partial charge on any atom is 0.162 e. The van der Waals surface area contributed by atoms with Crippen molar-refractivity contribution in [2.24, 2.45) is 11.8 Å². The molecule has 6 rings (SSSR count). The van der Waals surface area contributed by atoms with E-state index in [2.05, 4.69) is 84.5 Å². The number of aliphatic hydroxyl groups is 1. The second kappa shape index (κ2) is 15.6. The van der Waals surface area contributed by atoms with Crippen molar-refractivity contribution in [1.82, 2.24) is 9.97 Å². The normalized spacial score (nSPS) is 11.9. The molecular weight excluding hydrogens is 749 g/mol. The summed E-state index contributed by atoms with van der Waals surface area (Å²) in [6.45, 7) is 12.5. The van der Waals surface area contributed by atoms with E-state index in [0.717, 1.165) is 69.6 Å². The molecule has 2 heterocycles. The van der Waals surface area contributed by atoms with Gasteiger partial charge in [0.25, 0.3) is 0 Å². The molecule has 6 heteroatoms. The third-order valence-corrected chi connectivity index (χ3v) is 8.91. The number of hydrogen-bond acceptors (Lipinski definition) is 5. The van der Waals surface area contributed by atoms with Crippen LogP contribution in [0.3, 0.4) is 0 Å². The minimum atomic E-state index is 0. The number of rotatable bonds is 9. The van der Waals surface area contributed by atoms with E-state index in [-0.39, 0.29) is 43.5 Å². The van der Waals surface area contributed by atoms with Crippen molar-refractivity contribution < 1.29 is 34.4 Å². The van der Waals surface area contributed by atoms with Gasteiger partial charge in [0.1, 0.15) is 23.0 Å². The Bertz CT molecular complexity index is 1980. The van der Waals surface area contributed by atoms with Crippen molar-refractivity contribution in [2.75, 3.05) is 0 Å². The number of hydrogen-bond donors (Lipinski definition) is 1. The van der Waals surface area contributed by atoms with Gasteiger partial charge in [-0.2, -0.15) is 0 Å². The summed E-state index contributed by atoms with van der Waals surface area (Å²) >= 11 is 0. The summed E-state index contributed by atoms with van der Waals surface area (Å²) in [7, 11) is 0. The third-order valence-electron chi connectivity index (χ3n) is 8.91. The van der Waals surface area contributed by atoms with Crippen LogP contribution in [0.2, 0.25) is 0 Å². The zero-order valence-electron chi connectivity index (χ0n) is 27.6. The number of carbonyl (C=O) groups excluding carboxylic acids is 1. The Kier molecular flexibility index (Phi) is 11.9. The number of ketones is 1. The largest absolute Gasteiger partial charge is 0.512 e. The Morgan fingerprint density at radius 2 is 1.48 bits per heavy atom. The van der Waals surface area contributed by atoms with Gasteiger partial charge in [0.15, 0.2) is 5.78 Å². The molecule has 0 fully saturated rings. The van der Waals surface area contributed by atoms with Gasteiger partial charge in [-0.25, -0.2) is 4.98 Å². The third kappa shape index (κ3) is 7.09. The van der Waals surface area contributed by atoms with Crippen LogP contribution < -0.4 is 0 Å². The van der Waals surface area contributed by atoms with E-state index in [1.807, 2.05) is 39.8 Å². The molecule has 0 aliphatic carbocycles. The maximum absolute atomic E-state index is 11.7. The van der Waals surface area contributed by atoms with Crippen LogP contribution in [0.4, 0.5) is 0 Å². The van der Waals surface area contributed by atoms with Crippen LogP contribution in [0.1, 0.15) is 78.7 Å². The molecule has 2 aromatic heterocycles. The predicted octanol–water partition coefficient (Wildman–Crippen LogP) is 11.1. The van der Waals surface area contributed by atoms with E-state index in [1.54, 1.807) is 6.33 Å². The Labute approximate surface area is 285 Å². The monoisotopic (exact) mass is 792 g/mol. The molecule has 6 aromatic rings. The van der Waals surface area contributed by atoms with Crippen molar-refractivity contribution in [3.8, 4) is 11.3 Å².